The van der Waals surface area contributed by atoms with E-state index in [1.54, 1.807) is 0 Å². The predicted molar refractivity (Wildman–Crippen MR) is 25.8 cm³/mol. The van der Waals surface area contributed by atoms with Crippen LogP contribution in [-0.2, 0) is 4.74 Å². The molecule has 0 aromatic heterocycles. The fraction of sp³-hybridized carbons (Fsp3) is 1.00. The molecule has 0 radical (unpaired) electrons. The Labute approximate surface area is 42.9 Å². The highest BCUT2D eigenvalue weighted by molar-refractivity contribution is 4.84. The van der Waals surface area contributed by atoms with Crippen LogP contribution in [0.3, 0.4) is 0 Å². The Morgan fingerprint density at radius 2 is 2.57 bits per heavy atom. The average molecular weight is 99.1 g/mol. The highest BCUT2D eigenvalue weighted by Gasteiger charge is 2.35. The Morgan fingerprint density at radius 3 is 2.86 bits per heavy atom. The van der Waals surface area contributed by atoms with E-state index < -0.39 is 0 Å². The van der Waals surface area contributed by atoms with E-state index in [1.807, 2.05) is 0 Å². The molecule has 2 rings (SSSR count). The second kappa shape index (κ2) is 1.20. The van der Waals surface area contributed by atoms with Gasteiger partial charge in [-0.05, 0) is 6.42 Å². The van der Waals surface area contributed by atoms with E-state index in [-0.39, 0.29) is 0 Å². The van der Waals surface area contributed by atoms with Gasteiger partial charge in [-0.15, -0.1) is 0 Å². The van der Waals surface area contributed by atoms with Crippen molar-refractivity contribution in [2.45, 2.75) is 12.6 Å². The molecule has 2 unspecified atom stereocenters. The van der Waals surface area contributed by atoms with Gasteiger partial charge < -0.3 is 4.74 Å². The van der Waals surface area contributed by atoms with E-state index in [1.165, 1.54) is 13.0 Å². The lowest BCUT2D eigenvalue weighted by molar-refractivity contribution is 0.0163. The predicted octanol–water partition coefficient (Wildman–Crippen LogP) is -0.0478. The number of hydrogen-bond donors (Lipinski definition) is 1. The summed E-state index contributed by atoms with van der Waals surface area (Å²) in [7, 11) is 0. The quantitative estimate of drug-likeness (QED) is 0.460. The summed E-state index contributed by atoms with van der Waals surface area (Å²) in [6.45, 7) is 2.16. The van der Waals surface area contributed by atoms with Crippen LogP contribution >= 0.6 is 0 Å². The third-order valence-electron chi connectivity index (χ3n) is 1.80. The smallest absolute Gasteiger partial charge is 0.112 e. The van der Waals surface area contributed by atoms with Gasteiger partial charge in [0.05, 0.1) is 0 Å². The first-order valence-electron chi connectivity index (χ1n) is 2.82. The molecule has 2 aliphatic heterocycles. The maximum absolute atomic E-state index is 5.24. The molecule has 0 spiro atoms. The number of hydrogen-bond acceptors (Lipinski definition) is 2. The molecule has 1 N–H and O–H groups in total. The van der Waals surface area contributed by atoms with Crippen molar-refractivity contribution in [1.29, 1.82) is 0 Å². The number of fused-ring (bicyclic) bond motifs is 1. The lowest BCUT2D eigenvalue weighted by atomic mass is 10.0. The molecule has 0 bridgehead atoms. The van der Waals surface area contributed by atoms with Crippen LogP contribution in [0.1, 0.15) is 6.42 Å². The third kappa shape index (κ3) is 0.409. The molecule has 0 aliphatic carbocycles. The first kappa shape index (κ1) is 3.87. The van der Waals surface area contributed by atoms with Gasteiger partial charge in [-0.25, -0.2) is 0 Å². The standard InChI is InChI=1S/C5H9NO/c1-2-7-5-4(1)3-6-5/h4-6H,1-3H2. The molecule has 2 atom stereocenters. The molecule has 2 heteroatoms. The molecule has 0 aromatic rings. The zero-order valence-electron chi connectivity index (χ0n) is 4.18. The maximum Gasteiger partial charge on any atom is 0.112 e. The molecule has 2 nitrogen and oxygen atoms in total. The van der Waals surface area contributed by atoms with Crippen molar-refractivity contribution in [2.24, 2.45) is 5.92 Å². The molecule has 7 heavy (non-hydrogen) atoms. The molecule has 2 fully saturated rings. The van der Waals surface area contributed by atoms with Gasteiger partial charge in [-0.3, -0.25) is 5.32 Å². The summed E-state index contributed by atoms with van der Waals surface area (Å²) in [5.41, 5.74) is 0. The van der Waals surface area contributed by atoms with E-state index in [0.717, 1.165) is 12.5 Å². The summed E-state index contributed by atoms with van der Waals surface area (Å²) in [5.74, 6) is 0.861. The Bertz CT molecular complexity index is 74.1. The molecular weight excluding hydrogens is 90.1 g/mol. The van der Waals surface area contributed by atoms with Gasteiger partial charge >= 0.3 is 0 Å². The van der Waals surface area contributed by atoms with Crippen LogP contribution in [0.5, 0.6) is 0 Å². The Kier molecular flexibility index (Phi) is 0.664. The fourth-order valence-corrected chi connectivity index (χ4v) is 1.18. The van der Waals surface area contributed by atoms with Crippen molar-refractivity contribution in [2.75, 3.05) is 13.2 Å². The van der Waals surface area contributed by atoms with Crippen LogP contribution in [-0.4, -0.2) is 19.4 Å². The first-order valence-corrected chi connectivity index (χ1v) is 2.82. The van der Waals surface area contributed by atoms with Crippen molar-refractivity contribution in [3.63, 3.8) is 0 Å². The molecular formula is C5H9NO. The fourth-order valence-electron chi connectivity index (χ4n) is 1.18. The van der Waals surface area contributed by atoms with Crippen LogP contribution in [0.15, 0.2) is 0 Å². The lowest BCUT2D eigenvalue weighted by Gasteiger charge is -2.29. The van der Waals surface area contributed by atoms with Gasteiger partial charge in [-0.1, -0.05) is 0 Å². The van der Waals surface area contributed by atoms with Crippen LogP contribution in [0.4, 0.5) is 0 Å². The number of ether oxygens (including phenoxy) is 1. The summed E-state index contributed by atoms with van der Waals surface area (Å²) in [6, 6.07) is 0. The van der Waals surface area contributed by atoms with Gasteiger partial charge in [0.1, 0.15) is 6.23 Å². The van der Waals surface area contributed by atoms with E-state index >= 15 is 0 Å². The monoisotopic (exact) mass is 99.1 g/mol. The summed E-state index contributed by atoms with van der Waals surface area (Å²) >= 11 is 0. The van der Waals surface area contributed by atoms with Crippen LogP contribution < -0.4 is 5.32 Å². The SMILES string of the molecule is C1CC2CNC2O1. The van der Waals surface area contributed by atoms with E-state index in [0.29, 0.717) is 6.23 Å². The van der Waals surface area contributed by atoms with E-state index in [9.17, 15) is 0 Å². The van der Waals surface area contributed by atoms with E-state index in [2.05, 4.69) is 5.32 Å². The van der Waals surface area contributed by atoms with Crippen molar-refractivity contribution >= 4 is 0 Å². The van der Waals surface area contributed by atoms with Gasteiger partial charge in [0.15, 0.2) is 0 Å². The van der Waals surface area contributed by atoms with Crippen molar-refractivity contribution < 1.29 is 4.74 Å². The van der Waals surface area contributed by atoms with Gasteiger partial charge in [-0.2, -0.15) is 0 Å². The molecule has 2 heterocycles. The molecule has 0 aromatic carbocycles. The molecule has 2 saturated heterocycles. The Balaban J connectivity index is 2.03. The summed E-state index contributed by atoms with van der Waals surface area (Å²) in [4.78, 5) is 0. The van der Waals surface area contributed by atoms with Crippen LogP contribution in [0.2, 0.25) is 0 Å². The molecule has 40 valence electrons. The van der Waals surface area contributed by atoms with Crippen molar-refractivity contribution in [1.82, 2.24) is 5.32 Å². The Hall–Kier alpha value is -0.0800. The van der Waals surface area contributed by atoms with Gasteiger partial charge in [0, 0.05) is 19.1 Å². The summed E-state index contributed by atoms with van der Waals surface area (Å²) in [5, 5.41) is 3.19. The van der Waals surface area contributed by atoms with Gasteiger partial charge in [0.2, 0.25) is 0 Å². The number of rotatable bonds is 0. The lowest BCUT2D eigenvalue weighted by Crippen LogP contribution is -2.50. The molecule has 2 aliphatic rings. The Morgan fingerprint density at radius 1 is 1.57 bits per heavy atom. The topological polar surface area (TPSA) is 21.3 Å². The third-order valence-corrected chi connectivity index (χ3v) is 1.80. The number of nitrogens with one attached hydrogen (secondary N) is 1. The minimum atomic E-state index is 0.444. The minimum Gasteiger partial charge on any atom is -0.363 e. The summed E-state index contributed by atoms with van der Waals surface area (Å²) in [6.07, 6.45) is 1.72. The van der Waals surface area contributed by atoms with Gasteiger partial charge in [0.25, 0.3) is 0 Å². The zero-order chi connectivity index (χ0) is 4.69. The normalized spacial score (nSPS) is 48.0. The highest BCUT2D eigenvalue weighted by Crippen LogP contribution is 2.24. The summed E-state index contributed by atoms with van der Waals surface area (Å²) < 4.78 is 5.24. The van der Waals surface area contributed by atoms with Crippen LogP contribution in [0.25, 0.3) is 0 Å². The van der Waals surface area contributed by atoms with Crippen molar-refractivity contribution in [3.05, 3.63) is 0 Å². The minimum absolute atomic E-state index is 0.444. The largest absolute Gasteiger partial charge is 0.363 e. The molecule has 0 saturated carbocycles. The van der Waals surface area contributed by atoms with Crippen LogP contribution in [0, 0.1) is 5.92 Å². The van der Waals surface area contributed by atoms with Crippen molar-refractivity contribution in [3.8, 4) is 0 Å². The second-order valence-corrected chi connectivity index (χ2v) is 2.25. The molecule has 0 amide bonds. The highest BCUT2D eigenvalue weighted by atomic mass is 16.5. The first-order chi connectivity index (χ1) is 3.47. The van der Waals surface area contributed by atoms with E-state index in [4.69, 9.17) is 4.74 Å². The second-order valence-electron chi connectivity index (χ2n) is 2.25. The zero-order valence-corrected chi connectivity index (χ0v) is 4.18. The average Bonchev–Trinajstić information content (AvgIpc) is 1.85. The maximum atomic E-state index is 5.24.